The molecule has 1 amide bonds. The standard InChI is InChI=1S/C24H31FN4O3/c1-24(2)14-16(23(31)32-24)12-22(30)26-17-8-10-29(11-9-17)15-18-13-21(27-28(18)3)19-6-4-5-7-20(19)25/h4-7,13,16-17H,8-12,14-15H2,1-3H3,(H,26,30)/t16-/m0/s1. The van der Waals surface area contributed by atoms with E-state index in [0.29, 0.717) is 17.7 Å². The molecule has 172 valence electrons. The van der Waals surface area contributed by atoms with Gasteiger partial charge in [0.05, 0.1) is 17.3 Å². The summed E-state index contributed by atoms with van der Waals surface area (Å²) in [5, 5.41) is 7.57. The van der Waals surface area contributed by atoms with Gasteiger partial charge in [-0.2, -0.15) is 5.10 Å². The van der Waals surface area contributed by atoms with Gasteiger partial charge in [0.25, 0.3) is 0 Å². The maximum Gasteiger partial charge on any atom is 0.310 e. The molecule has 0 bridgehead atoms. The Kier molecular flexibility index (Phi) is 6.33. The molecule has 4 rings (SSSR count). The number of aromatic nitrogens is 2. The number of benzene rings is 1. The monoisotopic (exact) mass is 442 g/mol. The first-order valence-electron chi connectivity index (χ1n) is 11.2. The third-order valence-electron chi connectivity index (χ3n) is 6.34. The number of nitrogens with one attached hydrogen (secondary N) is 1. The molecule has 1 atom stereocenters. The fourth-order valence-corrected chi connectivity index (χ4v) is 4.66. The van der Waals surface area contributed by atoms with Gasteiger partial charge in [0.15, 0.2) is 0 Å². The van der Waals surface area contributed by atoms with Crippen molar-refractivity contribution in [2.24, 2.45) is 13.0 Å². The number of carbonyl (C=O) groups is 2. The second-order valence-corrected chi connectivity index (χ2v) is 9.53. The number of ether oxygens (including phenoxy) is 1. The van der Waals surface area contributed by atoms with Crippen molar-refractivity contribution in [2.75, 3.05) is 13.1 Å². The fourth-order valence-electron chi connectivity index (χ4n) is 4.66. The largest absolute Gasteiger partial charge is 0.459 e. The number of hydrogen-bond donors (Lipinski definition) is 1. The first-order valence-corrected chi connectivity index (χ1v) is 11.2. The summed E-state index contributed by atoms with van der Waals surface area (Å²) in [4.78, 5) is 26.7. The van der Waals surface area contributed by atoms with Crippen LogP contribution in [0, 0.1) is 11.7 Å². The molecule has 0 unspecified atom stereocenters. The third kappa shape index (κ3) is 5.18. The van der Waals surface area contributed by atoms with E-state index in [1.165, 1.54) is 6.07 Å². The van der Waals surface area contributed by atoms with Crippen molar-refractivity contribution in [3.05, 3.63) is 41.8 Å². The van der Waals surface area contributed by atoms with Gasteiger partial charge in [0.1, 0.15) is 11.4 Å². The Labute approximate surface area is 187 Å². The zero-order valence-corrected chi connectivity index (χ0v) is 18.9. The number of likely N-dealkylation sites (tertiary alicyclic amines) is 1. The molecule has 2 aliphatic heterocycles. The highest BCUT2D eigenvalue weighted by atomic mass is 19.1. The Hall–Kier alpha value is -2.74. The summed E-state index contributed by atoms with van der Waals surface area (Å²) >= 11 is 0. The third-order valence-corrected chi connectivity index (χ3v) is 6.34. The SMILES string of the molecule is Cn1nc(-c2ccccc2F)cc1CN1CCC(NC(=O)C[C@H]2CC(C)(C)OC2=O)CC1. The molecule has 1 N–H and O–H groups in total. The minimum Gasteiger partial charge on any atom is -0.459 e. The summed E-state index contributed by atoms with van der Waals surface area (Å²) in [6, 6.07) is 8.72. The molecule has 1 aromatic carbocycles. The maximum absolute atomic E-state index is 14.1. The number of hydrogen-bond acceptors (Lipinski definition) is 5. The Morgan fingerprint density at radius 1 is 1.28 bits per heavy atom. The van der Waals surface area contributed by atoms with E-state index in [1.807, 2.05) is 33.0 Å². The van der Waals surface area contributed by atoms with Gasteiger partial charge in [-0.05, 0) is 44.9 Å². The van der Waals surface area contributed by atoms with Crippen LogP contribution in [-0.4, -0.2) is 51.3 Å². The Bertz CT molecular complexity index is 995. The van der Waals surface area contributed by atoms with E-state index >= 15 is 0 Å². The zero-order chi connectivity index (χ0) is 22.9. The van der Waals surface area contributed by atoms with Crippen LogP contribution in [0.25, 0.3) is 11.3 Å². The molecule has 7 nitrogen and oxygen atoms in total. The molecule has 32 heavy (non-hydrogen) atoms. The first kappa shape index (κ1) is 22.5. The summed E-state index contributed by atoms with van der Waals surface area (Å²) < 4.78 is 21.2. The molecule has 1 aromatic heterocycles. The fraction of sp³-hybridized carbons (Fsp3) is 0.542. The molecule has 0 radical (unpaired) electrons. The molecule has 0 saturated carbocycles. The number of aryl methyl sites for hydroxylation is 1. The number of amides is 1. The van der Waals surface area contributed by atoms with Gasteiger partial charge in [-0.15, -0.1) is 0 Å². The Morgan fingerprint density at radius 3 is 2.66 bits per heavy atom. The number of halogens is 1. The highest BCUT2D eigenvalue weighted by molar-refractivity contribution is 5.84. The average Bonchev–Trinajstić information content (AvgIpc) is 3.21. The van der Waals surface area contributed by atoms with E-state index in [9.17, 15) is 14.0 Å². The predicted molar refractivity (Wildman–Crippen MR) is 118 cm³/mol. The van der Waals surface area contributed by atoms with Crippen LogP contribution >= 0.6 is 0 Å². The minimum atomic E-state index is -0.481. The van der Waals surface area contributed by atoms with Crippen molar-refractivity contribution in [3.63, 3.8) is 0 Å². The van der Waals surface area contributed by atoms with Crippen LogP contribution in [0.1, 0.15) is 45.2 Å². The zero-order valence-electron chi connectivity index (χ0n) is 18.9. The van der Waals surface area contributed by atoms with Crippen LogP contribution in [0.15, 0.2) is 30.3 Å². The molecule has 8 heteroatoms. The quantitative estimate of drug-likeness (QED) is 0.696. The van der Waals surface area contributed by atoms with Gasteiger partial charge in [-0.1, -0.05) is 12.1 Å². The lowest BCUT2D eigenvalue weighted by Gasteiger charge is -2.32. The minimum absolute atomic E-state index is 0.0794. The van der Waals surface area contributed by atoms with Crippen LogP contribution in [0.5, 0.6) is 0 Å². The van der Waals surface area contributed by atoms with Crippen LogP contribution in [0.4, 0.5) is 4.39 Å². The number of rotatable bonds is 6. The van der Waals surface area contributed by atoms with Crippen LogP contribution in [0.3, 0.4) is 0 Å². The molecule has 3 heterocycles. The highest BCUT2D eigenvalue weighted by Gasteiger charge is 2.41. The van der Waals surface area contributed by atoms with Crippen LogP contribution in [-0.2, 0) is 27.9 Å². The lowest BCUT2D eigenvalue weighted by atomic mass is 9.94. The van der Waals surface area contributed by atoms with E-state index in [1.54, 1.807) is 16.8 Å². The second kappa shape index (κ2) is 9.02. The number of piperidine rings is 1. The van der Waals surface area contributed by atoms with Crippen molar-refractivity contribution in [3.8, 4) is 11.3 Å². The van der Waals surface area contributed by atoms with E-state index in [4.69, 9.17) is 4.74 Å². The maximum atomic E-state index is 14.1. The molecule has 2 fully saturated rings. The molecule has 2 aliphatic rings. The lowest BCUT2D eigenvalue weighted by molar-refractivity contribution is -0.149. The first-order chi connectivity index (χ1) is 15.2. The summed E-state index contributed by atoms with van der Waals surface area (Å²) in [7, 11) is 1.88. The van der Waals surface area contributed by atoms with Gasteiger partial charge in [0, 0.05) is 51.1 Å². The van der Waals surface area contributed by atoms with Crippen molar-refractivity contribution in [2.45, 2.75) is 57.7 Å². The van der Waals surface area contributed by atoms with Gasteiger partial charge in [0.2, 0.25) is 5.91 Å². The van der Waals surface area contributed by atoms with E-state index in [0.717, 1.165) is 38.2 Å². The summed E-state index contributed by atoms with van der Waals surface area (Å²) in [5.41, 5.74) is 1.68. The average molecular weight is 443 g/mol. The summed E-state index contributed by atoms with van der Waals surface area (Å²) in [6.07, 6.45) is 2.47. The molecule has 2 aromatic rings. The highest BCUT2D eigenvalue weighted by Crippen LogP contribution is 2.32. The second-order valence-electron chi connectivity index (χ2n) is 9.53. The smallest absolute Gasteiger partial charge is 0.310 e. The Morgan fingerprint density at radius 2 is 2.00 bits per heavy atom. The van der Waals surface area contributed by atoms with Gasteiger partial charge in [-0.3, -0.25) is 19.2 Å². The van der Waals surface area contributed by atoms with Gasteiger partial charge in [-0.25, -0.2) is 4.39 Å². The molecular weight excluding hydrogens is 411 g/mol. The number of esters is 1. The predicted octanol–water partition coefficient (Wildman–Crippen LogP) is 3.04. The summed E-state index contributed by atoms with van der Waals surface area (Å²) in [6.45, 7) is 6.18. The van der Waals surface area contributed by atoms with Crippen molar-refractivity contribution >= 4 is 11.9 Å². The lowest BCUT2D eigenvalue weighted by Crippen LogP contribution is -2.45. The van der Waals surface area contributed by atoms with Crippen molar-refractivity contribution in [1.82, 2.24) is 20.0 Å². The van der Waals surface area contributed by atoms with Gasteiger partial charge >= 0.3 is 5.97 Å². The van der Waals surface area contributed by atoms with Crippen molar-refractivity contribution in [1.29, 1.82) is 0 Å². The molecular formula is C24H31FN4O3. The van der Waals surface area contributed by atoms with Crippen LogP contribution < -0.4 is 5.32 Å². The number of nitrogens with zero attached hydrogens (tertiary/aromatic N) is 3. The molecule has 2 saturated heterocycles. The molecule has 0 aliphatic carbocycles. The van der Waals surface area contributed by atoms with Crippen molar-refractivity contribution < 1.29 is 18.7 Å². The van der Waals surface area contributed by atoms with E-state index < -0.39 is 5.60 Å². The topological polar surface area (TPSA) is 76.5 Å². The number of carbonyl (C=O) groups excluding carboxylic acids is 2. The Balaban J connectivity index is 1.26. The van der Waals surface area contributed by atoms with E-state index in [-0.39, 0.29) is 36.1 Å². The number of cyclic esters (lactones) is 1. The summed E-state index contributed by atoms with van der Waals surface area (Å²) in [5.74, 6) is -0.975. The van der Waals surface area contributed by atoms with Crippen LogP contribution in [0.2, 0.25) is 0 Å². The van der Waals surface area contributed by atoms with E-state index in [2.05, 4.69) is 15.3 Å². The normalized spacial score (nSPS) is 21.5. The molecule has 0 spiro atoms. The van der Waals surface area contributed by atoms with Gasteiger partial charge < -0.3 is 10.1 Å².